The van der Waals surface area contributed by atoms with Crippen molar-refractivity contribution in [3.8, 4) is 0 Å². The number of carboxylic acid groups (broad SMARTS) is 1. The van der Waals surface area contributed by atoms with Gasteiger partial charge in [0, 0.05) is 5.41 Å². The van der Waals surface area contributed by atoms with Crippen LogP contribution in [0.1, 0.15) is 79.6 Å². The molecule has 3 rings (SSSR count). The molecule has 0 amide bonds. The third-order valence-corrected chi connectivity index (χ3v) is 6.65. The second kappa shape index (κ2) is 6.12. The highest BCUT2D eigenvalue weighted by atomic mass is 17.2. The lowest BCUT2D eigenvalue weighted by atomic mass is 9.43. The molecule has 1 N–H and O–H groups in total. The molecule has 3 saturated carbocycles. The van der Waals surface area contributed by atoms with Crippen molar-refractivity contribution in [3.05, 3.63) is 0 Å². The molecule has 3 aliphatic rings. The van der Waals surface area contributed by atoms with Crippen molar-refractivity contribution >= 4 is 5.97 Å². The summed E-state index contributed by atoms with van der Waals surface area (Å²) in [5.74, 6) is 0.169. The minimum Gasteiger partial charge on any atom is -0.479 e. The van der Waals surface area contributed by atoms with Gasteiger partial charge in [-0.3, -0.25) is 0 Å². The molecular formula is C18H32O4. The molecule has 22 heavy (non-hydrogen) atoms. The van der Waals surface area contributed by atoms with Crippen molar-refractivity contribution < 1.29 is 19.7 Å². The zero-order valence-corrected chi connectivity index (χ0v) is 14.8. The van der Waals surface area contributed by atoms with Crippen LogP contribution < -0.4 is 0 Å². The molecule has 0 spiro atoms. The Kier molecular flexibility index (Phi) is 4.94. The molecular weight excluding hydrogens is 280 g/mol. The van der Waals surface area contributed by atoms with Crippen LogP contribution in [0.3, 0.4) is 0 Å². The van der Waals surface area contributed by atoms with Gasteiger partial charge in [-0.1, -0.05) is 47.5 Å². The van der Waals surface area contributed by atoms with E-state index in [1.165, 1.54) is 6.42 Å². The normalized spacial score (nSPS) is 35.5. The van der Waals surface area contributed by atoms with Crippen molar-refractivity contribution in [2.24, 2.45) is 17.3 Å². The molecule has 4 unspecified atom stereocenters. The first-order valence-electron chi connectivity index (χ1n) is 8.86. The van der Waals surface area contributed by atoms with E-state index < -0.39 is 11.6 Å². The van der Waals surface area contributed by atoms with E-state index in [0.717, 1.165) is 25.7 Å². The van der Waals surface area contributed by atoms with E-state index in [-0.39, 0.29) is 11.0 Å². The fourth-order valence-electron chi connectivity index (χ4n) is 4.49. The molecule has 0 heterocycles. The summed E-state index contributed by atoms with van der Waals surface area (Å²) in [5, 5.41) is 9.67. The van der Waals surface area contributed by atoms with Crippen LogP contribution in [0.25, 0.3) is 0 Å². The Bertz CT molecular complexity index is 419. The first-order chi connectivity index (χ1) is 10.3. The van der Waals surface area contributed by atoms with Crippen molar-refractivity contribution in [1.82, 2.24) is 0 Å². The number of aliphatic carboxylic acids is 1. The molecule has 4 heteroatoms. The van der Waals surface area contributed by atoms with Gasteiger partial charge in [0.25, 0.3) is 0 Å². The van der Waals surface area contributed by atoms with Crippen LogP contribution >= 0.6 is 0 Å². The average molecular weight is 312 g/mol. The van der Waals surface area contributed by atoms with Crippen LogP contribution in [0.4, 0.5) is 0 Å². The fraction of sp³-hybridized carbons (Fsp3) is 0.944. The van der Waals surface area contributed by atoms with Gasteiger partial charge in [-0.2, -0.15) is 0 Å². The van der Waals surface area contributed by atoms with Gasteiger partial charge in [-0.05, 0) is 43.9 Å². The number of hydrogen-bond acceptors (Lipinski definition) is 3. The molecule has 128 valence electrons. The van der Waals surface area contributed by atoms with Gasteiger partial charge in [0.2, 0.25) is 0 Å². The van der Waals surface area contributed by atoms with Gasteiger partial charge in [0.15, 0.2) is 5.60 Å². The largest absolute Gasteiger partial charge is 0.479 e. The number of carbonyl (C=O) groups is 1. The van der Waals surface area contributed by atoms with Gasteiger partial charge in [0.1, 0.15) is 5.60 Å². The summed E-state index contributed by atoms with van der Waals surface area (Å²) in [4.78, 5) is 23.5. The van der Waals surface area contributed by atoms with Gasteiger partial charge in [-0.25, -0.2) is 14.6 Å². The summed E-state index contributed by atoms with van der Waals surface area (Å²) in [6.07, 6.45) is 6.09. The molecule has 0 aliphatic heterocycles. The predicted octanol–water partition coefficient (Wildman–Crippen LogP) is 4.57. The Morgan fingerprint density at radius 2 is 2.00 bits per heavy atom. The third kappa shape index (κ3) is 2.48. The van der Waals surface area contributed by atoms with E-state index in [9.17, 15) is 9.90 Å². The highest BCUT2D eigenvalue weighted by Gasteiger charge is 2.67. The molecule has 0 aromatic heterocycles. The molecule has 0 aromatic rings. The second-order valence-electron chi connectivity index (χ2n) is 7.91. The highest BCUT2D eigenvalue weighted by Crippen LogP contribution is 2.66. The molecule has 2 bridgehead atoms. The Balaban J connectivity index is 2.13. The van der Waals surface area contributed by atoms with Crippen LogP contribution in [0, 0.1) is 17.3 Å². The van der Waals surface area contributed by atoms with E-state index >= 15 is 0 Å². The second-order valence-corrected chi connectivity index (χ2v) is 7.91. The first kappa shape index (κ1) is 17.7. The fourth-order valence-corrected chi connectivity index (χ4v) is 4.49. The van der Waals surface area contributed by atoms with Gasteiger partial charge in [-0.15, -0.1) is 0 Å². The van der Waals surface area contributed by atoms with E-state index in [4.69, 9.17) is 9.78 Å². The maximum atomic E-state index is 11.8. The molecule has 4 atom stereocenters. The minimum absolute atomic E-state index is 0.0629. The summed E-state index contributed by atoms with van der Waals surface area (Å²) < 4.78 is 0. The molecule has 3 fully saturated rings. The van der Waals surface area contributed by atoms with Crippen molar-refractivity contribution in [1.29, 1.82) is 0 Å². The smallest absolute Gasteiger partial charge is 0.339 e. The standard InChI is InChI=1S/C18H32O4/c1-6-8-11-17(7-2,15(19)20)21-22-18-12-14(16(18,4)5)10-9-13(18)3/h13-14H,6-12H2,1-5H3,(H,19,20). The Morgan fingerprint density at radius 3 is 2.45 bits per heavy atom. The highest BCUT2D eigenvalue weighted by molar-refractivity contribution is 5.77. The lowest BCUT2D eigenvalue weighted by Gasteiger charge is -2.66. The van der Waals surface area contributed by atoms with Crippen molar-refractivity contribution in [2.75, 3.05) is 0 Å². The number of rotatable bonds is 8. The van der Waals surface area contributed by atoms with Crippen LogP contribution in [0.2, 0.25) is 0 Å². The first-order valence-corrected chi connectivity index (χ1v) is 8.86. The maximum absolute atomic E-state index is 11.8. The summed E-state index contributed by atoms with van der Waals surface area (Å²) >= 11 is 0. The lowest BCUT2D eigenvalue weighted by Crippen LogP contribution is -2.69. The third-order valence-electron chi connectivity index (χ3n) is 6.65. The van der Waals surface area contributed by atoms with Crippen molar-refractivity contribution in [2.45, 2.75) is 90.8 Å². The number of unbranched alkanes of at least 4 members (excludes halogenated alkanes) is 1. The molecule has 0 saturated heterocycles. The van der Waals surface area contributed by atoms with E-state index in [1.54, 1.807) is 0 Å². The molecule has 3 aliphatic carbocycles. The van der Waals surface area contributed by atoms with Crippen molar-refractivity contribution in [3.63, 3.8) is 0 Å². The van der Waals surface area contributed by atoms with Crippen LogP contribution in [0.15, 0.2) is 0 Å². The Labute approximate surface area is 134 Å². The zero-order chi connectivity index (χ0) is 16.6. The van der Waals surface area contributed by atoms with E-state index in [1.807, 2.05) is 6.92 Å². The number of fused-ring (bicyclic) bond motifs is 2. The van der Waals surface area contributed by atoms with E-state index in [2.05, 4.69) is 27.7 Å². The number of hydrogen-bond donors (Lipinski definition) is 1. The van der Waals surface area contributed by atoms with E-state index in [0.29, 0.717) is 24.7 Å². The van der Waals surface area contributed by atoms with Gasteiger partial charge in [0.05, 0.1) is 0 Å². The summed E-state index contributed by atoms with van der Waals surface area (Å²) in [7, 11) is 0. The maximum Gasteiger partial charge on any atom is 0.339 e. The predicted molar refractivity (Wildman–Crippen MR) is 85.4 cm³/mol. The van der Waals surface area contributed by atoms with Gasteiger partial charge < -0.3 is 5.11 Å². The Hall–Kier alpha value is -0.610. The lowest BCUT2D eigenvalue weighted by molar-refractivity contribution is -0.471. The van der Waals surface area contributed by atoms with Crippen LogP contribution in [0.5, 0.6) is 0 Å². The number of carboxylic acids is 1. The molecule has 0 radical (unpaired) electrons. The van der Waals surface area contributed by atoms with Gasteiger partial charge >= 0.3 is 5.97 Å². The minimum atomic E-state index is -1.21. The summed E-state index contributed by atoms with van der Waals surface area (Å²) in [6, 6.07) is 0. The zero-order valence-electron chi connectivity index (χ0n) is 14.8. The topological polar surface area (TPSA) is 55.8 Å². The quantitative estimate of drug-likeness (QED) is 0.527. The van der Waals surface area contributed by atoms with Crippen LogP contribution in [-0.4, -0.2) is 22.3 Å². The summed E-state index contributed by atoms with van der Waals surface area (Å²) in [5.41, 5.74) is -1.46. The molecule has 4 nitrogen and oxygen atoms in total. The molecule has 0 aromatic carbocycles. The SMILES string of the molecule is CCCCC(CC)(OOC12CC(CCC1C)C2(C)C)C(=O)O. The summed E-state index contributed by atoms with van der Waals surface area (Å²) in [6.45, 7) is 10.6. The Morgan fingerprint density at radius 1 is 1.32 bits per heavy atom. The monoisotopic (exact) mass is 312 g/mol. The van der Waals surface area contributed by atoms with Crippen LogP contribution in [-0.2, 0) is 14.6 Å². The average Bonchev–Trinajstić information content (AvgIpc) is 2.48.